The van der Waals surface area contributed by atoms with Gasteiger partial charge in [0.25, 0.3) is 0 Å². The molecule has 0 saturated carbocycles. The molecule has 0 fully saturated rings. The van der Waals surface area contributed by atoms with Gasteiger partial charge in [0.05, 0.1) is 10.5 Å². The van der Waals surface area contributed by atoms with Crippen molar-refractivity contribution in [1.82, 2.24) is 0 Å². The van der Waals surface area contributed by atoms with E-state index in [0.717, 1.165) is 5.56 Å². The lowest BCUT2D eigenvalue weighted by molar-refractivity contribution is 0.281. The molecule has 88 valence electrons. The Bertz CT molecular complexity index is 511. The molecule has 0 heterocycles. The van der Waals surface area contributed by atoms with Crippen LogP contribution in [-0.2, 0) is 6.61 Å². The number of rotatable bonds is 3. The van der Waals surface area contributed by atoms with Crippen LogP contribution in [0.1, 0.15) is 20.6 Å². The molecular formula is C14H12I2O. The van der Waals surface area contributed by atoms with Gasteiger partial charge in [-0.25, -0.2) is 0 Å². The number of hydrogen-bond acceptors (Lipinski definition) is 1. The minimum atomic E-state index is 0.0963. The Morgan fingerprint density at radius 3 is 2.18 bits per heavy atom. The topological polar surface area (TPSA) is 20.2 Å². The van der Waals surface area contributed by atoms with Crippen LogP contribution < -0.4 is 0 Å². The molecule has 0 aromatic heterocycles. The van der Waals surface area contributed by atoms with Gasteiger partial charge in [0.1, 0.15) is 0 Å². The Balaban J connectivity index is 2.44. The molecule has 0 aliphatic heterocycles. The molecule has 1 atom stereocenters. The molecule has 0 saturated heterocycles. The van der Waals surface area contributed by atoms with Gasteiger partial charge in [-0.1, -0.05) is 65.1 Å². The van der Waals surface area contributed by atoms with Gasteiger partial charge in [0.2, 0.25) is 0 Å². The second kappa shape index (κ2) is 6.15. The van der Waals surface area contributed by atoms with Crippen molar-refractivity contribution in [3.05, 3.63) is 68.8 Å². The lowest BCUT2D eigenvalue weighted by Gasteiger charge is -2.15. The molecule has 17 heavy (non-hydrogen) atoms. The molecule has 1 unspecified atom stereocenters. The molecule has 0 bridgehead atoms. The van der Waals surface area contributed by atoms with E-state index in [1.54, 1.807) is 0 Å². The lowest BCUT2D eigenvalue weighted by Crippen LogP contribution is -2.00. The van der Waals surface area contributed by atoms with E-state index in [-0.39, 0.29) is 10.5 Å². The van der Waals surface area contributed by atoms with E-state index in [4.69, 9.17) is 0 Å². The molecule has 0 spiro atoms. The summed E-state index contributed by atoms with van der Waals surface area (Å²) in [5.74, 6) is 0. The molecule has 2 aromatic carbocycles. The molecule has 1 nitrogen and oxygen atoms in total. The lowest BCUT2D eigenvalue weighted by atomic mass is 10.0. The van der Waals surface area contributed by atoms with Crippen LogP contribution in [0.4, 0.5) is 0 Å². The molecule has 2 aromatic rings. The van der Waals surface area contributed by atoms with Crippen molar-refractivity contribution in [3.8, 4) is 0 Å². The molecule has 0 aliphatic rings. The number of aliphatic hydroxyl groups is 1. The van der Waals surface area contributed by atoms with E-state index in [2.05, 4.69) is 69.4 Å². The number of aliphatic hydroxyl groups excluding tert-OH is 1. The summed E-state index contributed by atoms with van der Waals surface area (Å²) in [6.07, 6.45) is 0. The maximum Gasteiger partial charge on any atom is 0.0685 e. The molecule has 1 N–H and O–H groups in total. The quantitative estimate of drug-likeness (QED) is 0.547. The highest BCUT2D eigenvalue weighted by atomic mass is 127. The number of benzene rings is 2. The predicted molar refractivity (Wildman–Crippen MR) is 87.4 cm³/mol. The normalized spacial score (nSPS) is 12.4. The van der Waals surface area contributed by atoms with Crippen LogP contribution in [-0.4, -0.2) is 5.11 Å². The summed E-state index contributed by atoms with van der Waals surface area (Å²) in [4.78, 5) is 0. The van der Waals surface area contributed by atoms with E-state index in [0.29, 0.717) is 0 Å². The van der Waals surface area contributed by atoms with Crippen molar-refractivity contribution < 1.29 is 5.11 Å². The van der Waals surface area contributed by atoms with Gasteiger partial charge >= 0.3 is 0 Å². The molecular weight excluding hydrogens is 438 g/mol. The van der Waals surface area contributed by atoms with Gasteiger partial charge in [-0.3, -0.25) is 0 Å². The number of hydrogen-bond donors (Lipinski definition) is 1. The average Bonchev–Trinajstić information content (AvgIpc) is 2.38. The zero-order valence-electron chi connectivity index (χ0n) is 9.11. The smallest absolute Gasteiger partial charge is 0.0685 e. The number of alkyl halides is 1. The Morgan fingerprint density at radius 1 is 0.941 bits per heavy atom. The fraction of sp³-hybridized carbons (Fsp3) is 0.143. The first-order valence-electron chi connectivity index (χ1n) is 5.31. The summed E-state index contributed by atoms with van der Waals surface area (Å²) in [6, 6.07) is 16.4. The van der Waals surface area contributed by atoms with Crippen molar-refractivity contribution in [3.63, 3.8) is 0 Å². The molecule has 3 heteroatoms. The molecule has 0 radical (unpaired) electrons. The standard InChI is InChI=1S/C14H12I2O/c15-13-8-4-3-7-12(13)14(16)11-6-2-1-5-10(11)9-17/h1-8,14,17H,9H2. The van der Waals surface area contributed by atoms with Gasteiger partial charge in [-0.05, 0) is 45.3 Å². The summed E-state index contributed by atoms with van der Waals surface area (Å²) in [5.41, 5.74) is 3.50. The van der Waals surface area contributed by atoms with Crippen LogP contribution >= 0.6 is 45.2 Å². The highest BCUT2D eigenvalue weighted by Crippen LogP contribution is 2.35. The van der Waals surface area contributed by atoms with Crippen LogP contribution in [0.25, 0.3) is 0 Å². The van der Waals surface area contributed by atoms with Gasteiger partial charge in [0, 0.05) is 3.57 Å². The van der Waals surface area contributed by atoms with Gasteiger partial charge in [-0.2, -0.15) is 0 Å². The average molecular weight is 450 g/mol. The first kappa shape index (κ1) is 13.3. The van der Waals surface area contributed by atoms with E-state index >= 15 is 0 Å². The Labute approximate surface area is 129 Å². The Hall–Kier alpha value is -0.140. The molecule has 2 rings (SSSR count). The first-order chi connectivity index (χ1) is 8.24. The fourth-order valence-electron chi connectivity index (χ4n) is 1.77. The summed E-state index contributed by atoms with van der Waals surface area (Å²) in [5, 5.41) is 9.38. The highest BCUT2D eigenvalue weighted by molar-refractivity contribution is 14.1. The summed E-state index contributed by atoms with van der Waals surface area (Å²) in [6.45, 7) is 0.0963. The molecule has 0 aliphatic carbocycles. The highest BCUT2D eigenvalue weighted by Gasteiger charge is 2.15. The third-order valence-corrected chi connectivity index (χ3v) is 5.00. The fourth-order valence-corrected chi connectivity index (χ4v) is 4.22. The van der Waals surface area contributed by atoms with E-state index in [1.165, 1.54) is 14.7 Å². The predicted octanol–water partition coefficient (Wildman–Crippen LogP) is 4.31. The SMILES string of the molecule is OCc1ccccc1C(I)c1ccccc1I. The summed E-state index contributed by atoms with van der Waals surface area (Å²) >= 11 is 4.79. The minimum absolute atomic E-state index is 0.0963. The first-order valence-corrected chi connectivity index (χ1v) is 7.63. The van der Waals surface area contributed by atoms with Crippen LogP contribution in [0.5, 0.6) is 0 Å². The maximum atomic E-state index is 9.38. The minimum Gasteiger partial charge on any atom is -0.392 e. The van der Waals surface area contributed by atoms with Crippen molar-refractivity contribution >= 4 is 45.2 Å². The van der Waals surface area contributed by atoms with Crippen molar-refractivity contribution in [1.29, 1.82) is 0 Å². The van der Waals surface area contributed by atoms with Crippen molar-refractivity contribution in [2.75, 3.05) is 0 Å². The zero-order valence-corrected chi connectivity index (χ0v) is 13.4. The van der Waals surface area contributed by atoms with Crippen molar-refractivity contribution in [2.45, 2.75) is 10.5 Å². The largest absolute Gasteiger partial charge is 0.392 e. The van der Waals surface area contributed by atoms with Crippen LogP contribution in [0.15, 0.2) is 48.5 Å². The Morgan fingerprint density at radius 2 is 1.53 bits per heavy atom. The van der Waals surface area contributed by atoms with Gasteiger partial charge in [-0.15, -0.1) is 0 Å². The third-order valence-electron chi connectivity index (χ3n) is 2.68. The second-order valence-electron chi connectivity index (χ2n) is 3.74. The van der Waals surface area contributed by atoms with Crippen molar-refractivity contribution in [2.24, 2.45) is 0 Å². The maximum absolute atomic E-state index is 9.38. The van der Waals surface area contributed by atoms with Crippen LogP contribution in [0, 0.1) is 3.57 Å². The second-order valence-corrected chi connectivity index (χ2v) is 6.15. The van der Waals surface area contributed by atoms with Gasteiger partial charge in [0.15, 0.2) is 0 Å². The summed E-state index contributed by atoms with van der Waals surface area (Å²) < 4.78 is 1.54. The monoisotopic (exact) mass is 450 g/mol. The summed E-state index contributed by atoms with van der Waals surface area (Å²) in [7, 11) is 0. The van der Waals surface area contributed by atoms with E-state index in [1.807, 2.05) is 24.3 Å². The zero-order chi connectivity index (χ0) is 12.3. The van der Waals surface area contributed by atoms with E-state index in [9.17, 15) is 5.11 Å². The van der Waals surface area contributed by atoms with Crippen LogP contribution in [0.3, 0.4) is 0 Å². The molecule has 0 amide bonds. The van der Waals surface area contributed by atoms with Crippen LogP contribution in [0.2, 0.25) is 0 Å². The van der Waals surface area contributed by atoms with E-state index < -0.39 is 0 Å². The number of halogens is 2. The third kappa shape index (κ3) is 3.00. The Kier molecular flexibility index (Phi) is 4.81. The van der Waals surface area contributed by atoms with Gasteiger partial charge < -0.3 is 5.11 Å².